The second kappa shape index (κ2) is 4.51. The molecule has 0 atom stereocenters. The van der Waals surface area contributed by atoms with Crippen molar-refractivity contribution in [1.29, 1.82) is 0 Å². The predicted molar refractivity (Wildman–Crippen MR) is 63.7 cm³/mol. The molecule has 0 amide bonds. The molecule has 0 aliphatic heterocycles. The standard InChI is InChI=1S/C14H18O/c1-5-13-7-6-12(10-11(13)2)8-9-14(3,4)15/h6-7,10,15H,5H2,1-4H3. The Bertz CT molecular complexity index is 400. The third kappa shape index (κ3) is 3.77. The largest absolute Gasteiger partial charge is 0.378 e. The van der Waals surface area contributed by atoms with Crippen LogP contribution in [0.1, 0.15) is 37.5 Å². The fourth-order valence-electron chi connectivity index (χ4n) is 1.40. The van der Waals surface area contributed by atoms with E-state index in [2.05, 4.69) is 37.8 Å². The Labute approximate surface area is 92.1 Å². The molecule has 0 saturated carbocycles. The van der Waals surface area contributed by atoms with E-state index in [1.54, 1.807) is 13.8 Å². The number of aryl methyl sites for hydroxylation is 2. The molecule has 1 aromatic carbocycles. The van der Waals surface area contributed by atoms with Crippen LogP contribution in [-0.4, -0.2) is 10.7 Å². The van der Waals surface area contributed by atoms with Crippen molar-refractivity contribution in [2.75, 3.05) is 0 Å². The normalized spacial score (nSPS) is 10.7. The smallest absolute Gasteiger partial charge is 0.120 e. The quantitative estimate of drug-likeness (QED) is 0.694. The maximum Gasteiger partial charge on any atom is 0.120 e. The van der Waals surface area contributed by atoms with Crippen LogP contribution in [0.3, 0.4) is 0 Å². The molecular weight excluding hydrogens is 184 g/mol. The van der Waals surface area contributed by atoms with E-state index in [1.165, 1.54) is 11.1 Å². The minimum atomic E-state index is -0.919. The van der Waals surface area contributed by atoms with E-state index in [0.29, 0.717) is 0 Å². The van der Waals surface area contributed by atoms with Crippen LogP contribution in [-0.2, 0) is 6.42 Å². The molecule has 0 aromatic heterocycles. The van der Waals surface area contributed by atoms with Crippen molar-refractivity contribution in [3.05, 3.63) is 34.9 Å². The fourth-order valence-corrected chi connectivity index (χ4v) is 1.40. The monoisotopic (exact) mass is 202 g/mol. The highest BCUT2D eigenvalue weighted by atomic mass is 16.3. The first-order chi connectivity index (χ1) is 6.92. The van der Waals surface area contributed by atoms with Crippen LogP contribution in [0.15, 0.2) is 18.2 Å². The van der Waals surface area contributed by atoms with E-state index in [0.717, 1.165) is 12.0 Å². The van der Waals surface area contributed by atoms with Gasteiger partial charge in [0.15, 0.2) is 0 Å². The van der Waals surface area contributed by atoms with E-state index in [4.69, 9.17) is 0 Å². The molecule has 1 rings (SSSR count). The number of benzene rings is 1. The Hall–Kier alpha value is -1.26. The molecule has 0 fully saturated rings. The van der Waals surface area contributed by atoms with Crippen LogP contribution in [0.2, 0.25) is 0 Å². The summed E-state index contributed by atoms with van der Waals surface area (Å²) in [7, 11) is 0. The minimum Gasteiger partial charge on any atom is -0.378 e. The first kappa shape index (κ1) is 11.8. The van der Waals surface area contributed by atoms with E-state index in [-0.39, 0.29) is 0 Å². The SMILES string of the molecule is CCc1ccc(C#CC(C)(C)O)cc1C. The Balaban J connectivity index is 2.97. The lowest BCUT2D eigenvalue weighted by molar-refractivity contribution is 0.143. The van der Waals surface area contributed by atoms with Crippen LogP contribution in [0.25, 0.3) is 0 Å². The summed E-state index contributed by atoms with van der Waals surface area (Å²) in [6.07, 6.45) is 1.05. The van der Waals surface area contributed by atoms with Gasteiger partial charge in [0.05, 0.1) is 0 Å². The summed E-state index contributed by atoms with van der Waals surface area (Å²) in [5.74, 6) is 5.79. The number of aliphatic hydroxyl groups is 1. The Morgan fingerprint density at radius 2 is 2.00 bits per heavy atom. The van der Waals surface area contributed by atoms with Gasteiger partial charge in [-0.1, -0.05) is 24.8 Å². The maximum absolute atomic E-state index is 9.48. The van der Waals surface area contributed by atoms with Gasteiger partial charge in [-0.05, 0) is 50.5 Å². The van der Waals surface area contributed by atoms with Crippen molar-refractivity contribution in [2.24, 2.45) is 0 Å². The summed E-state index contributed by atoms with van der Waals surface area (Å²) in [6.45, 7) is 7.61. The van der Waals surface area contributed by atoms with E-state index >= 15 is 0 Å². The zero-order valence-electron chi connectivity index (χ0n) is 9.89. The van der Waals surface area contributed by atoms with Crippen molar-refractivity contribution < 1.29 is 5.11 Å². The highest BCUT2D eigenvalue weighted by molar-refractivity contribution is 5.41. The van der Waals surface area contributed by atoms with Gasteiger partial charge in [-0.25, -0.2) is 0 Å². The molecule has 1 aromatic rings. The molecule has 0 radical (unpaired) electrons. The Kier molecular flexibility index (Phi) is 3.55. The van der Waals surface area contributed by atoms with Crippen molar-refractivity contribution in [3.8, 4) is 11.8 Å². The number of hydrogen-bond donors (Lipinski definition) is 1. The molecule has 0 bridgehead atoms. The maximum atomic E-state index is 9.48. The second-order valence-electron chi connectivity index (χ2n) is 4.30. The summed E-state index contributed by atoms with van der Waals surface area (Å²) in [5, 5.41) is 9.48. The molecule has 0 aliphatic carbocycles. The van der Waals surface area contributed by atoms with Gasteiger partial charge in [0.2, 0.25) is 0 Å². The van der Waals surface area contributed by atoms with Crippen LogP contribution in [0.4, 0.5) is 0 Å². The fraction of sp³-hybridized carbons (Fsp3) is 0.429. The Morgan fingerprint density at radius 3 is 2.47 bits per heavy atom. The lowest BCUT2D eigenvalue weighted by atomic mass is 10.0. The first-order valence-electron chi connectivity index (χ1n) is 5.27. The van der Waals surface area contributed by atoms with Crippen LogP contribution in [0, 0.1) is 18.8 Å². The highest BCUT2D eigenvalue weighted by Gasteiger charge is 2.05. The molecule has 0 unspecified atom stereocenters. The minimum absolute atomic E-state index is 0.919. The third-order valence-electron chi connectivity index (χ3n) is 2.24. The molecule has 1 heteroatoms. The topological polar surface area (TPSA) is 20.2 Å². The van der Waals surface area contributed by atoms with Gasteiger partial charge in [-0.2, -0.15) is 0 Å². The van der Waals surface area contributed by atoms with E-state index < -0.39 is 5.60 Å². The lowest BCUT2D eigenvalue weighted by Crippen LogP contribution is -2.14. The zero-order valence-corrected chi connectivity index (χ0v) is 9.89. The van der Waals surface area contributed by atoms with Gasteiger partial charge < -0.3 is 5.11 Å². The summed E-state index contributed by atoms with van der Waals surface area (Å²) in [4.78, 5) is 0. The van der Waals surface area contributed by atoms with Gasteiger partial charge in [-0.3, -0.25) is 0 Å². The first-order valence-corrected chi connectivity index (χ1v) is 5.27. The summed E-state index contributed by atoms with van der Waals surface area (Å²) < 4.78 is 0. The van der Waals surface area contributed by atoms with Gasteiger partial charge in [0.1, 0.15) is 5.60 Å². The number of rotatable bonds is 1. The van der Waals surface area contributed by atoms with Crippen molar-refractivity contribution in [1.82, 2.24) is 0 Å². The molecule has 1 N–H and O–H groups in total. The molecule has 80 valence electrons. The van der Waals surface area contributed by atoms with Crippen LogP contribution >= 0.6 is 0 Å². The highest BCUT2D eigenvalue weighted by Crippen LogP contribution is 2.11. The summed E-state index contributed by atoms with van der Waals surface area (Å²) in [6, 6.07) is 6.17. The van der Waals surface area contributed by atoms with Crippen molar-refractivity contribution in [2.45, 2.75) is 39.7 Å². The van der Waals surface area contributed by atoms with E-state index in [9.17, 15) is 5.11 Å². The summed E-state index contributed by atoms with van der Waals surface area (Å²) in [5.41, 5.74) is 2.66. The molecule has 0 saturated heterocycles. The summed E-state index contributed by atoms with van der Waals surface area (Å²) >= 11 is 0. The van der Waals surface area contributed by atoms with Crippen LogP contribution in [0.5, 0.6) is 0 Å². The van der Waals surface area contributed by atoms with Gasteiger partial charge in [0.25, 0.3) is 0 Å². The number of hydrogen-bond acceptors (Lipinski definition) is 1. The van der Waals surface area contributed by atoms with Gasteiger partial charge >= 0.3 is 0 Å². The molecule has 0 aliphatic rings. The third-order valence-corrected chi connectivity index (χ3v) is 2.24. The lowest BCUT2D eigenvalue weighted by Gasteiger charge is -2.06. The zero-order chi connectivity index (χ0) is 11.5. The molecule has 0 heterocycles. The second-order valence-corrected chi connectivity index (χ2v) is 4.30. The van der Waals surface area contributed by atoms with Crippen molar-refractivity contribution in [3.63, 3.8) is 0 Å². The van der Waals surface area contributed by atoms with Gasteiger partial charge in [-0.15, -0.1) is 0 Å². The molecule has 15 heavy (non-hydrogen) atoms. The molecular formula is C14H18O. The van der Waals surface area contributed by atoms with Crippen molar-refractivity contribution >= 4 is 0 Å². The molecule has 0 spiro atoms. The predicted octanol–water partition coefficient (Wildman–Crippen LogP) is 2.68. The molecule has 1 nitrogen and oxygen atoms in total. The average molecular weight is 202 g/mol. The van der Waals surface area contributed by atoms with E-state index in [1.807, 2.05) is 6.07 Å². The van der Waals surface area contributed by atoms with Crippen LogP contribution < -0.4 is 0 Å². The van der Waals surface area contributed by atoms with Gasteiger partial charge in [0, 0.05) is 5.56 Å². The Morgan fingerprint density at radius 1 is 1.33 bits per heavy atom. The average Bonchev–Trinajstić information content (AvgIpc) is 2.14.